The van der Waals surface area contributed by atoms with Crippen LogP contribution in [0.3, 0.4) is 0 Å². The monoisotopic (exact) mass is 316 g/mol. The van der Waals surface area contributed by atoms with Crippen molar-refractivity contribution in [1.29, 1.82) is 0 Å². The van der Waals surface area contributed by atoms with Crippen molar-refractivity contribution >= 4 is 10.0 Å². The van der Waals surface area contributed by atoms with Crippen LogP contribution in [0.1, 0.15) is 5.56 Å². The summed E-state index contributed by atoms with van der Waals surface area (Å²) in [5.74, 6) is 0.813. The van der Waals surface area contributed by atoms with Gasteiger partial charge in [-0.2, -0.15) is 4.31 Å². The molecule has 2 rings (SSSR count). The highest BCUT2D eigenvalue weighted by Gasteiger charge is 2.28. The molecule has 2 N–H and O–H groups in total. The predicted octanol–water partition coefficient (Wildman–Crippen LogP) is 0.183. The number of nitrogens with two attached hydrogens (primary N) is 1. The Kier molecular flexibility index (Phi) is 5.04. The van der Waals surface area contributed by atoms with Crippen LogP contribution in [0.15, 0.2) is 17.0 Å². The molecule has 0 aromatic heterocycles. The molecule has 0 bridgehead atoms. The molecule has 1 aliphatic heterocycles. The van der Waals surface area contributed by atoms with Crippen molar-refractivity contribution in [2.24, 2.45) is 5.73 Å². The van der Waals surface area contributed by atoms with Gasteiger partial charge in [0, 0.05) is 31.3 Å². The lowest BCUT2D eigenvalue weighted by Gasteiger charge is -2.26. The van der Waals surface area contributed by atoms with Gasteiger partial charge in [-0.25, -0.2) is 8.42 Å². The van der Waals surface area contributed by atoms with Gasteiger partial charge in [0.2, 0.25) is 10.0 Å². The smallest absolute Gasteiger partial charge is 0.243 e. The van der Waals surface area contributed by atoms with E-state index in [1.807, 2.05) is 0 Å². The van der Waals surface area contributed by atoms with Crippen LogP contribution in [0.5, 0.6) is 11.5 Å². The summed E-state index contributed by atoms with van der Waals surface area (Å²) < 4.78 is 42.4. The van der Waals surface area contributed by atoms with Crippen molar-refractivity contribution in [2.75, 3.05) is 40.5 Å². The SMILES string of the molecule is COc1cc(S(=O)(=O)N2CCOCC2)cc(CN)c1OC. The number of hydrogen-bond donors (Lipinski definition) is 1. The summed E-state index contributed by atoms with van der Waals surface area (Å²) in [6, 6.07) is 2.99. The number of rotatable bonds is 5. The summed E-state index contributed by atoms with van der Waals surface area (Å²) >= 11 is 0. The zero-order valence-electron chi connectivity index (χ0n) is 12.2. The lowest BCUT2D eigenvalue weighted by Crippen LogP contribution is -2.40. The largest absolute Gasteiger partial charge is 0.493 e. The van der Waals surface area contributed by atoms with Gasteiger partial charge in [-0.1, -0.05) is 0 Å². The fourth-order valence-electron chi connectivity index (χ4n) is 2.25. The van der Waals surface area contributed by atoms with Crippen LogP contribution in [-0.4, -0.2) is 53.2 Å². The quantitative estimate of drug-likeness (QED) is 0.833. The molecule has 0 atom stereocenters. The maximum absolute atomic E-state index is 12.7. The van der Waals surface area contributed by atoms with E-state index in [9.17, 15) is 8.42 Å². The minimum absolute atomic E-state index is 0.155. The number of benzene rings is 1. The molecule has 0 amide bonds. The molecular formula is C13H20N2O5S. The Bertz CT molecular complexity index is 572. The first-order valence-electron chi connectivity index (χ1n) is 6.57. The van der Waals surface area contributed by atoms with Gasteiger partial charge in [0.15, 0.2) is 11.5 Å². The molecule has 0 unspecified atom stereocenters. The average Bonchev–Trinajstić information content (AvgIpc) is 2.54. The van der Waals surface area contributed by atoms with Gasteiger partial charge >= 0.3 is 0 Å². The Balaban J connectivity index is 2.47. The molecule has 0 radical (unpaired) electrons. The Morgan fingerprint density at radius 1 is 1.24 bits per heavy atom. The topological polar surface area (TPSA) is 91.1 Å². The molecule has 0 spiro atoms. The Morgan fingerprint density at radius 3 is 2.43 bits per heavy atom. The van der Waals surface area contributed by atoms with Crippen molar-refractivity contribution in [3.8, 4) is 11.5 Å². The zero-order chi connectivity index (χ0) is 15.5. The van der Waals surface area contributed by atoms with E-state index in [0.717, 1.165) is 0 Å². The maximum atomic E-state index is 12.7. The van der Waals surface area contributed by atoms with Crippen LogP contribution in [0.4, 0.5) is 0 Å². The molecule has 8 heteroatoms. The number of morpholine rings is 1. The molecule has 1 heterocycles. The van der Waals surface area contributed by atoms with E-state index in [0.29, 0.717) is 43.4 Å². The fraction of sp³-hybridized carbons (Fsp3) is 0.538. The summed E-state index contributed by atoms with van der Waals surface area (Å²) in [5.41, 5.74) is 6.26. The molecule has 1 saturated heterocycles. The number of methoxy groups -OCH3 is 2. The maximum Gasteiger partial charge on any atom is 0.243 e. The Labute approximate surface area is 124 Å². The van der Waals surface area contributed by atoms with E-state index >= 15 is 0 Å². The lowest BCUT2D eigenvalue weighted by atomic mass is 10.2. The summed E-state index contributed by atoms with van der Waals surface area (Å²) in [4.78, 5) is 0.155. The van der Waals surface area contributed by atoms with Crippen molar-refractivity contribution < 1.29 is 22.6 Å². The number of hydrogen-bond acceptors (Lipinski definition) is 6. The van der Waals surface area contributed by atoms with E-state index in [-0.39, 0.29) is 11.4 Å². The molecule has 1 aromatic rings. The van der Waals surface area contributed by atoms with Gasteiger partial charge in [0.25, 0.3) is 0 Å². The van der Waals surface area contributed by atoms with E-state index in [1.165, 1.54) is 30.7 Å². The molecule has 0 saturated carbocycles. The molecule has 21 heavy (non-hydrogen) atoms. The lowest BCUT2D eigenvalue weighted by molar-refractivity contribution is 0.0730. The van der Waals surface area contributed by atoms with Crippen LogP contribution >= 0.6 is 0 Å². The van der Waals surface area contributed by atoms with Crippen LogP contribution in [0.2, 0.25) is 0 Å². The molecule has 1 aliphatic rings. The van der Waals surface area contributed by atoms with E-state index < -0.39 is 10.0 Å². The second-order valence-corrected chi connectivity index (χ2v) is 6.48. The van der Waals surface area contributed by atoms with E-state index in [2.05, 4.69) is 0 Å². The average molecular weight is 316 g/mol. The zero-order valence-corrected chi connectivity index (χ0v) is 13.0. The van der Waals surface area contributed by atoms with Crippen LogP contribution in [0, 0.1) is 0 Å². The minimum atomic E-state index is -3.59. The van der Waals surface area contributed by atoms with E-state index in [1.54, 1.807) is 0 Å². The van der Waals surface area contributed by atoms with Gasteiger partial charge in [0.1, 0.15) is 0 Å². The summed E-state index contributed by atoms with van der Waals surface area (Å²) in [7, 11) is -0.635. The molecule has 118 valence electrons. The second-order valence-electron chi connectivity index (χ2n) is 4.54. The number of sulfonamides is 1. The predicted molar refractivity (Wildman–Crippen MR) is 77.0 cm³/mol. The van der Waals surface area contributed by atoms with Crippen molar-refractivity contribution in [3.05, 3.63) is 17.7 Å². The first-order chi connectivity index (χ1) is 10.0. The van der Waals surface area contributed by atoms with Gasteiger partial charge in [0.05, 0.1) is 32.3 Å². The van der Waals surface area contributed by atoms with Crippen LogP contribution in [0.25, 0.3) is 0 Å². The molecule has 1 aromatic carbocycles. The molecule has 0 aliphatic carbocycles. The number of ether oxygens (including phenoxy) is 3. The summed E-state index contributed by atoms with van der Waals surface area (Å²) in [5, 5.41) is 0. The van der Waals surface area contributed by atoms with Gasteiger partial charge in [-0.3, -0.25) is 0 Å². The highest BCUT2D eigenvalue weighted by Crippen LogP contribution is 2.34. The molecule has 7 nitrogen and oxygen atoms in total. The third-order valence-electron chi connectivity index (χ3n) is 3.36. The summed E-state index contributed by atoms with van der Waals surface area (Å²) in [6.07, 6.45) is 0. The van der Waals surface area contributed by atoms with Crippen molar-refractivity contribution in [2.45, 2.75) is 11.4 Å². The van der Waals surface area contributed by atoms with E-state index in [4.69, 9.17) is 19.9 Å². The molecule has 1 fully saturated rings. The minimum Gasteiger partial charge on any atom is -0.493 e. The standard InChI is InChI=1S/C13H20N2O5S/c1-18-12-8-11(7-10(9-14)13(12)19-2)21(16,17)15-3-5-20-6-4-15/h7-8H,3-6,9,14H2,1-2H3. The van der Waals surface area contributed by atoms with Crippen molar-refractivity contribution in [1.82, 2.24) is 4.31 Å². The van der Waals surface area contributed by atoms with Gasteiger partial charge < -0.3 is 19.9 Å². The normalized spacial score (nSPS) is 16.7. The third-order valence-corrected chi connectivity index (χ3v) is 5.23. The van der Waals surface area contributed by atoms with Crippen LogP contribution in [-0.2, 0) is 21.3 Å². The first-order valence-corrected chi connectivity index (χ1v) is 8.01. The highest BCUT2D eigenvalue weighted by atomic mass is 32.2. The fourth-order valence-corrected chi connectivity index (χ4v) is 3.73. The summed E-state index contributed by atoms with van der Waals surface area (Å²) in [6.45, 7) is 1.64. The Morgan fingerprint density at radius 2 is 1.90 bits per heavy atom. The van der Waals surface area contributed by atoms with Crippen LogP contribution < -0.4 is 15.2 Å². The number of nitrogens with zero attached hydrogens (tertiary/aromatic N) is 1. The highest BCUT2D eigenvalue weighted by molar-refractivity contribution is 7.89. The van der Waals surface area contributed by atoms with Gasteiger partial charge in [-0.15, -0.1) is 0 Å². The first kappa shape index (κ1) is 16.0. The Hall–Kier alpha value is -1.35. The van der Waals surface area contributed by atoms with Gasteiger partial charge in [-0.05, 0) is 6.07 Å². The van der Waals surface area contributed by atoms with Crippen molar-refractivity contribution in [3.63, 3.8) is 0 Å². The molecular weight excluding hydrogens is 296 g/mol. The second kappa shape index (κ2) is 6.61. The third kappa shape index (κ3) is 3.13.